The van der Waals surface area contributed by atoms with Gasteiger partial charge in [0.25, 0.3) is 0 Å². The summed E-state index contributed by atoms with van der Waals surface area (Å²) in [4.78, 5) is 1.03. The number of phenols is 4. The molecule has 8 N–H and O–H groups in total. The van der Waals surface area contributed by atoms with Gasteiger partial charge in [-0.1, -0.05) is 171 Å². The summed E-state index contributed by atoms with van der Waals surface area (Å²) in [6.07, 6.45) is 20.6. The van der Waals surface area contributed by atoms with Gasteiger partial charge in [0.15, 0.2) is 28.8 Å². The molecule has 340 valence electrons. The summed E-state index contributed by atoms with van der Waals surface area (Å²) in [7, 11) is 0. The predicted octanol–water partition coefficient (Wildman–Crippen LogP) is 9.25. The van der Waals surface area contributed by atoms with E-state index in [1.807, 2.05) is 104 Å². The molecule has 9 nitrogen and oxygen atoms in total. The van der Waals surface area contributed by atoms with E-state index in [9.17, 15) is 40.9 Å². The van der Waals surface area contributed by atoms with E-state index in [1.54, 1.807) is 67.6 Å². The summed E-state index contributed by atoms with van der Waals surface area (Å²) in [6.45, 7) is 6.67. The first-order chi connectivity index (χ1) is 32.4. The van der Waals surface area contributed by atoms with Gasteiger partial charge in [-0.3, -0.25) is 0 Å². The minimum Gasteiger partial charge on any atom is -0.508 e. The lowest BCUT2D eigenvalue weighted by atomic mass is 9.94. The van der Waals surface area contributed by atoms with E-state index in [-0.39, 0.29) is 36.9 Å². The third-order valence-corrected chi connectivity index (χ3v) is 11.4. The van der Waals surface area contributed by atoms with Crippen molar-refractivity contribution in [2.45, 2.75) is 46.0 Å². The molecule has 0 saturated carbocycles. The number of terminal acetylenes is 1. The average molecular weight is 894 g/mol. The number of fused-ring (bicyclic) bond motifs is 1. The first-order valence-electron chi connectivity index (χ1n) is 21.9. The highest BCUT2D eigenvalue weighted by Gasteiger charge is 2.35. The lowest BCUT2D eigenvalue weighted by Gasteiger charge is -2.32. The number of aliphatic hydroxyl groups excluding tert-OH is 4. The minimum absolute atomic E-state index is 0.0285. The predicted molar refractivity (Wildman–Crippen MR) is 270 cm³/mol. The number of aromatic hydroxyl groups is 4. The zero-order chi connectivity index (χ0) is 48.0. The number of aliphatic hydroxyl groups is 4. The van der Waals surface area contributed by atoms with Crippen molar-refractivity contribution in [1.82, 2.24) is 0 Å². The molecular weight excluding hydrogens is 839 g/mol. The third kappa shape index (κ3) is 10.8. The molecule has 0 radical (unpaired) electrons. The van der Waals surface area contributed by atoms with Crippen LogP contribution in [0.25, 0.3) is 35.1 Å². The van der Waals surface area contributed by atoms with Gasteiger partial charge in [0.1, 0.15) is 29.5 Å². The molecule has 0 amide bonds. The van der Waals surface area contributed by atoms with E-state index in [4.69, 9.17) is 6.42 Å². The topological polar surface area (TPSA) is 165 Å². The van der Waals surface area contributed by atoms with Gasteiger partial charge in [-0.15, -0.1) is 12.3 Å². The zero-order valence-corrected chi connectivity index (χ0v) is 37.6. The van der Waals surface area contributed by atoms with Crippen LogP contribution in [-0.2, 0) is 6.42 Å². The largest absolute Gasteiger partial charge is 0.508 e. The van der Waals surface area contributed by atoms with Gasteiger partial charge in [-0.2, -0.15) is 0 Å². The number of benzene rings is 5. The molecule has 0 saturated heterocycles. The third-order valence-electron chi connectivity index (χ3n) is 11.4. The van der Waals surface area contributed by atoms with Gasteiger partial charge < -0.3 is 45.8 Å². The molecule has 0 spiro atoms. The first kappa shape index (κ1) is 48.1. The van der Waals surface area contributed by atoms with Crippen LogP contribution in [0.2, 0.25) is 0 Å². The maximum absolute atomic E-state index is 12.2. The fourth-order valence-electron chi connectivity index (χ4n) is 8.09. The number of nitrogens with zero attached hydrogens (tertiary/aromatic N) is 1. The Morgan fingerprint density at radius 3 is 2.04 bits per heavy atom. The van der Waals surface area contributed by atoms with Crippen molar-refractivity contribution in [1.29, 1.82) is 0 Å². The molecular formula is C58H55NO8. The van der Waals surface area contributed by atoms with Crippen molar-refractivity contribution in [3.8, 4) is 35.3 Å². The van der Waals surface area contributed by atoms with Crippen molar-refractivity contribution in [2.24, 2.45) is 0 Å². The van der Waals surface area contributed by atoms with Gasteiger partial charge in [-0.25, -0.2) is 0 Å². The Morgan fingerprint density at radius 2 is 1.40 bits per heavy atom. The van der Waals surface area contributed by atoms with Crippen molar-refractivity contribution in [2.75, 3.05) is 11.5 Å². The Labute approximate surface area is 390 Å². The van der Waals surface area contributed by atoms with Gasteiger partial charge in [0.2, 0.25) is 0 Å². The Kier molecular flexibility index (Phi) is 16.2. The Balaban J connectivity index is 1.59. The van der Waals surface area contributed by atoms with Crippen molar-refractivity contribution in [3.63, 3.8) is 0 Å². The van der Waals surface area contributed by atoms with E-state index in [0.717, 1.165) is 37.6 Å². The highest BCUT2D eigenvalue weighted by molar-refractivity contribution is 5.93. The number of allylic oxidation sites excluding steroid dienone is 9. The molecule has 9 heteroatoms. The summed E-state index contributed by atoms with van der Waals surface area (Å²) in [6, 6.07) is 34.1. The van der Waals surface area contributed by atoms with Crippen molar-refractivity contribution >= 4 is 40.8 Å². The lowest BCUT2D eigenvalue weighted by molar-refractivity contribution is 0.244. The molecule has 5 aromatic rings. The molecule has 0 aliphatic heterocycles. The van der Waals surface area contributed by atoms with Crippen LogP contribution in [-0.4, -0.2) is 47.5 Å². The zero-order valence-electron chi connectivity index (χ0n) is 37.6. The standard InChI is InChI=1S/C58H55NO8/c1-5-20-42(46(21-6-2)45-29-17-14-22-38(45)4)34-35-49(61)54(63)52(50(62)37-60)59(48-31-19-16-28-43-27-15-18-30-47(43)48)53-57(66)55(64)51(56(65)58(53)67)40(7-3)32-33-44(41-25-12-9-13-26-41)36-39-23-10-8-11-24-39/h2,5,8-20,22-30,32-34,60-67H,4,7,21,31,35-37H2,1,3H3/b20-5-,40-32+,42-34+,44-33+,46-45?,52-50-,54-49-. The molecule has 0 atom stereocenters. The van der Waals surface area contributed by atoms with Gasteiger partial charge >= 0.3 is 0 Å². The molecule has 0 aromatic heterocycles. The van der Waals surface area contributed by atoms with Crippen LogP contribution in [0.5, 0.6) is 23.0 Å². The number of hydrogen-bond donors (Lipinski definition) is 8. The first-order valence-corrected chi connectivity index (χ1v) is 21.9. The lowest BCUT2D eigenvalue weighted by Crippen LogP contribution is -2.35. The molecule has 67 heavy (non-hydrogen) atoms. The Bertz CT molecular complexity index is 3120. The highest BCUT2D eigenvalue weighted by Crippen LogP contribution is 2.56. The van der Waals surface area contributed by atoms with E-state index in [1.165, 1.54) is 0 Å². The molecule has 5 aromatic carbocycles. The molecule has 6 rings (SSSR count). The van der Waals surface area contributed by atoms with Crippen LogP contribution in [0.15, 0.2) is 180 Å². The minimum atomic E-state index is -1.08. The average Bonchev–Trinajstić information content (AvgIpc) is 3.57. The SMILES string of the molecule is C#CCC(C(/C=C\C)=C/C/C(O)=C(O)\C(=C(\O)CO)N(C1=c2ccccc2=CC=CC1)c1c(O)c(O)c(/C(=C/C=C(\Cc2ccccc2)c2ccccc2)CC)c(O)c1O)=c1ccccc1=C. The summed E-state index contributed by atoms with van der Waals surface area (Å²) >= 11 is 0. The van der Waals surface area contributed by atoms with E-state index in [0.29, 0.717) is 28.0 Å². The Hall–Kier alpha value is -8.32. The van der Waals surface area contributed by atoms with E-state index >= 15 is 0 Å². The summed E-state index contributed by atoms with van der Waals surface area (Å²) in [5.74, 6) is -3.35. The van der Waals surface area contributed by atoms with Gasteiger partial charge in [0, 0.05) is 30.2 Å². The van der Waals surface area contributed by atoms with Crippen LogP contribution in [0, 0.1) is 12.3 Å². The van der Waals surface area contributed by atoms with Crippen molar-refractivity contribution < 1.29 is 40.9 Å². The van der Waals surface area contributed by atoms with Crippen LogP contribution in [0.4, 0.5) is 5.69 Å². The van der Waals surface area contributed by atoms with Crippen LogP contribution < -0.4 is 25.8 Å². The number of phenolic OH excluding ortho intramolecular Hbond substituents is 4. The summed E-state index contributed by atoms with van der Waals surface area (Å²) in [5, 5.41) is 97.2. The Morgan fingerprint density at radius 1 is 0.776 bits per heavy atom. The van der Waals surface area contributed by atoms with Crippen molar-refractivity contribution in [3.05, 3.63) is 218 Å². The normalized spacial score (nSPS) is 14.4. The van der Waals surface area contributed by atoms with Crippen LogP contribution in [0.1, 0.15) is 56.2 Å². The second-order valence-electron chi connectivity index (χ2n) is 15.7. The smallest absolute Gasteiger partial charge is 0.186 e. The highest BCUT2D eigenvalue weighted by atomic mass is 16.3. The van der Waals surface area contributed by atoms with Crippen LogP contribution >= 0.6 is 0 Å². The number of anilines is 1. The second-order valence-corrected chi connectivity index (χ2v) is 15.7. The monoisotopic (exact) mass is 893 g/mol. The fourth-order valence-corrected chi connectivity index (χ4v) is 8.09. The molecule has 0 fully saturated rings. The molecule has 0 heterocycles. The van der Waals surface area contributed by atoms with E-state index in [2.05, 4.69) is 12.5 Å². The molecule has 1 aliphatic rings. The molecule has 0 unspecified atom stereocenters. The quantitative estimate of drug-likeness (QED) is 0.0159. The van der Waals surface area contributed by atoms with E-state index < -0.39 is 58.3 Å². The van der Waals surface area contributed by atoms with Crippen LogP contribution in [0.3, 0.4) is 0 Å². The molecule has 0 bridgehead atoms. The van der Waals surface area contributed by atoms with Gasteiger partial charge in [-0.05, 0) is 68.8 Å². The summed E-state index contributed by atoms with van der Waals surface area (Å²) in [5.41, 5.74) is 3.25. The maximum atomic E-state index is 12.2. The molecule has 1 aliphatic carbocycles. The number of rotatable bonds is 16. The summed E-state index contributed by atoms with van der Waals surface area (Å²) < 4.78 is 0. The fraction of sp³-hybridized carbons (Fsp3) is 0.138. The maximum Gasteiger partial charge on any atom is 0.186 e. The second kappa shape index (κ2) is 22.5. The number of hydrogen-bond acceptors (Lipinski definition) is 9. The van der Waals surface area contributed by atoms with Gasteiger partial charge in [0.05, 0.1) is 5.56 Å².